The molecule has 0 aromatic heterocycles. The standard InChI is InChI=1S/C46H79NO7/c1-6-8-10-12-14-16-18-20-22-24-26-28-30-32-34-36-44(48)53-41-42(40-52-39-38-43(46(50)51)47(3,4)5)54-45(49)37-35-33-31-29-27-25-23-21-19-17-15-13-11-9-7-2/h8,10,12,14-19,21,42-43H,6-7,9,11,13,20,22-41H2,1-5H3/b10-8+,14-12+,17-15+,18-16+,21-19+. The van der Waals surface area contributed by atoms with Crippen molar-refractivity contribution in [3.63, 3.8) is 0 Å². The maximum absolute atomic E-state index is 12.7. The topological polar surface area (TPSA) is 102 Å². The Bertz CT molecular complexity index is 1070. The summed E-state index contributed by atoms with van der Waals surface area (Å²) in [6.45, 7) is 4.46. The number of nitrogens with zero attached hydrogens (tertiary/aromatic N) is 1. The molecule has 0 aliphatic heterocycles. The first-order chi connectivity index (χ1) is 26.1. The molecule has 0 N–H and O–H groups in total. The molecule has 0 spiro atoms. The summed E-state index contributed by atoms with van der Waals surface area (Å²) in [4.78, 5) is 36.8. The van der Waals surface area contributed by atoms with E-state index in [0.29, 0.717) is 12.8 Å². The molecule has 0 heterocycles. The zero-order chi connectivity index (χ0) is 40.0. The second-order valence-corrected chi connectivity index (χ2v) is 15.3. The monoisotopic (exact) mass is 758 g/mol. The summed E-state index contributed by atoms with van der Waals surface area (Å²) in [5.41, 5.74) is 0. The lowest BCUT2D eigenvalue weighted by Crippen LogP contribution is -2.55. The van der Waals surface area contributed by atoms with E-state index in [9.17, 15) is 19.5 Å². The van der Waals surface area contributed by atoms with Crippen LogP contribution in [-0.2, 0) is 28.6 Å². The number of hydrogen-bond acceptors (Lipinski definition) is 7. The Morgan fingerprint density at radius 3 is 1.54 bits per heavy atom. The number of carboxylic acids is 1. The number of carbonyl (C=O) groups is 3. The van der Waals surface area contributed by atoms with Crippen LogP contribution in [0.25, 0.3) is 0 Å². The first-order valence-electron chi connectivity index (χ1n) is 21.4. The Balaban J connectivity index is 4.41. The summed E-state index contributed by atoms with van der Waals surface area (Å²) in [5.74, 6) is -1.77. The fraction of sp³-hybridized carbons (Fsp3) is 0.717. The fourth-order valence-corrected chi connectivity index (χ4v) is 5.88. The molecule has 310 valence electrons. The number of unbranched alkanes of at least 4 members (excludes halogenated alkanes) is 16. The molecule has 8 nitrogen and oxygen atoms in total. The van der Waals surface area contributed by atoms with Gasteiger partial charge in [-0.3, -0.25) is 9.59 Å². The third-order valence-corrected chi connectivity index (χ3v) is 9.23. The number of quaternary nitrogens is 1. The van der Waals surface area contributed by atoms with Gasteiger partial charge in [0.2, 0.25) is 0 Å². The lowest BCUT2D eigenvalue weighted by atomic mass is 10.1. The molecule has 2 atom stereocenters. The van der Waals surface area contributed by atoms with E-state index < -0.39 is 18.1 Å². The van der Waals surface area contributed by atoms with Gasteiger partial charge in [-0.2, -0.15) is 0 Å². The average molecular weight is 758 g/mol. The van der Waals surface area contributed by atoms with Crippen LogP contribution in [0.15, 0.2) is 60.8 Å². The highest BCUT2D eigenvalue weighted by molar-refractivity contribution is 5.70. The number of aliphatic carboxylic acids is 1. The maximum Gasteiger partial charge on any atom is 0.306 e. The third-order valence-electron chi connectivity index (χ3n) is 9.23. The third kappa shape index (κ3) is 34.8. The van der Waals surface area contributed by atoms with Crippen molar-refractivity contribution >= 4 is 17.9 Å². The number of hydrogen-bond donors (Lipinski definition) is 0. The summed E-state index contributed by atoms with van der Waals surface area (Å²) in [7, 11) is 5.39. The Hall–Kier alpha value is -2.97. The fourth-order valence-electron chi connectivity index (χ4n) is 5.88. The number of carboxylic acid groups (broad SMARTS) is 1. The van der Waals surface area contributed by atoms with Crippen LogP contribution in [0, 0.1) is 0 Å². The first-order valence-corrected chi connectivity index (χ1v) is 21.4. The summed E-state index contributed by atoms with van der Waals surface area (Å²) in [6.07, 6.45) is 43.8. The van der Waals surface area contributed by atoms with Gasteiger partial charge in [-0.1, -0.05) is 145 Å². The van der Waals surface area contributed by atoms with Crippen molar-refractivity contribution in [1.29, 1.82) is 0 Å². The quantitative estimate of drug-likeness (QED) is 0.0269. The first kappa shape index (κ1) is 51.0. The Morgan fingerprint density at radius 1 is 0.574 bits per heavy atom. The predicted octanol–water partition coefficient (Wildman–Crippen LogP) is 10.1. The molecule has 0 saturated heterocycles. The Labute approximate surface area is 330 Å². The van der Waals surface area contributed by atoms with Gasteiger partial charge in [0.25, 0.3) is 0 Å². The van der Waals surface area contributed by atoms with E-state index in [-0.39, 0.29) is 42.7 Å². The summed E-state index contributed by atoms with van der Waals surface area (Å²) in [6, 6.07) is -0.731. The molecule has 0 aliphatic carbocycles. The van der Waals surface area contributed by atoms with Crippen LogP contribution in [0.2, 0.25) is 0 Å². The second-order valence-electron chi connectivity index (χ2n) is 15.3. The minimum atomic E-state index is -1.13. The van der Waals surface area contributed by atoms with E-state index in [1.807, 2.05) is 0 Å². The van der Waals surface area contributed by atoms with Crippen LogP contribution in [0.3, 0.4) is 0 Å². The van der Waals surface area contributed by atoms with Gasteiger partial charge in [0, 0.05) is 19.3 Å². The molecular formula is C46H79NO7. The van der Waals surface area contributed by atoms with E-state index in [2.05, 4.69) is 74.6 Å². The van der Waals surface area contributed by atoms with Gasteiger partial charge < -0.3 is 28.6 Å². The van der Waals surface area contributed by atoms with Gasteiger partial charge in [0.05, 0.1) is 40.3 Å². The van der Waals surface area contributed by atoms with E-state index in [1.54, 1.807) is 21.1 Å². The van der Waals surface area contributed by atoms with E-state index in [1.165, 1.54) is 51.4 Å². The smallest absolute Gasteiger partial charge is 0.306 e. The number of carbonyl (C=O) groups excluding carboxylic acids is 3. The van der Waals surface area contributed by atoms with Crippen molar-refractivity contribution in [2.45, 2.75) is 174 Å². The van der Waals surface area contributed by atoms with E-state index in [0.717, 1.165) is 77.0 Å². The van der Waals surface area contributed by atoms with Crippen molar-refractivity contribution < 1.29 is 38.2 Å². The maximum atomic E-state index is 12.7. The van der Waals surface area contributed by atoms with Gasteiger partial charge in [-0.25, -0.2) is 0 Å². The minimum absolute atomic E-state index is 0.0296. The van der Waals surface area contributed by atoms with Crippen molar-refractivity contribution in [2.24, 2.45) is 0 Å². The Morgan fingerprint density at radius 2 is 1.04 bits per heavy atom. The molecule has 0 aromatic rings. The molecule has 0 amide bonds. The number of ether oxygens (including phenoxy) is 3. The normalized spacial score (nSPS) is 13.6. The van der Waals surface area contributed by atoms with Gasteiger partial charge in [0.1, 0.15) is 12.6 Å². The molecule has 0 fully saturated rings. The van der Waals surface area contributed by atoms with Gasteiger partial charge in [0.15, 0.2) is 6.10 Å². The summed E-state index contributed by atoms with van der Waals surface area (Å²) >= 11 is 0. The summed E-state index contributed by atoms with van der Waals surface area (Å²) < 4.78 is 17.1. The average Bonchev–Trinajstić information content (AvgIpc) is 3.12. The minimum Gasteiger partial charge on any atom is -0.544 e. The molecular weight excluding hydrogens is 679 g/mol. The van der Waals surface area contributed by atoms with E-state index >= 15 is 0 Å². The van der Waals surface area contributed by atoms with Crippen LogP contribution >= 0.6 is 0 Å². The Kier molecular flexibility index (Phi) is 34.9. The number of likely N-dealkylation sites (N-methyl/N-ethyl adjacent to an activating group) is 1. The lowest BCUT2D eigenvalue weighted by Gasteiger charge is -2.34. The van der Waals surface area contributed by atoms with Gasteiger partial charge in [-0.15, -0.1) is 0 Å². The second kappa shape index (κ2) is 37.0. The molecule has 0 bridgehead atoms. The van der Waals surface area contributed by atoms with Crippen LogP contribution in [-0.4, -0.2) is 75.5 Å². The number of esters is 2. The lowest BCUT2D eigenvalue weighted by molar-refractivity contribution is -0.889. The van der Waals surface area contributed by atoms with Crippen molar-refractivity contribution in [3.8, 4) is 0 Å². The summed E-state index contributed by atoms with van der Waals surface area (Å²) in [5, 5.41) is 11.6. The van der Waals surface area contributed by atoms with Crippen molar-refractivity contribution in [1.82, 2.24) is 0 Å². The van der Waals surface area contributed by atoms with Crippen LogP contribution in [0.4, 0.5) is 0 Å². The van der Waals surface area contributed by atoms with Gasteiger partial charge >= 0.3 is 11.9 Å². The van der Waals surface area contributed by atoms with Crippen LogP contribution in [0.1, 0.15) is 162 Å². The highest BCUT2D eigenvalue weighted by Gasteiger charge is 2.25. The molecule has 54 heavy (non-hydrogen) atoms. The number of allylic oxidation sites excluding steroid dienone is 10. The molecule has 0 radical (unpaired) electrons. The molecule has 2 unspecified atom stereocenters. The molecule has 0 aliphatic rings. The highest BCUT2D eigenvalue weighted by atomic mass is 16.6. The molecule has 0 rings (SSSR count). The van der Waals surface area contributed by atoms with Crippen LogP contribution in [0.5, 0.6) is 0 Å². The van der Waals surface area contributed by atoms with Gasteiger partial charge in [-0.05, 0) is 57.8 Å². The number of rotatable bonds is 37. The molecule has 0 aromatic carbocycles. The van der Waals surface area contributed by atoms with E-state index in [4.69, 9.17) is 14.2 Å². The van der Waals surface area contributed by atoms with Crippen molar-refractivity contribution in [2.75, 3.05) is 41.0 Å². The zero-order valence-corrected chi connectivity index (χ0v) is 35.1. The van der Waals surface area contributed by atoms with Crippen molar-refractivity contribution in [3.05, 3.63) is 60.8 Å². The SMILES string of the molecule is CC/C=C/C=C/C=C/CCCCCCCCCC(=O)OCC(COCCC(C(=O)[O-])[N+](C)(C)C)OC(=O)CCCCCCCC/C=C/C=C/CCCCC. The molecule has 0 saturated carbocycles. The highest BCUT2D eigenvalue weighted by Crippen LogP contribution is 2.13. The predicted molar refractivity (Wildman–Crippen MR) is 222 cm³/mol. The zero-order valence-electron chi connectivity index (χ0n) is 35.1. The largest absolute Gasteiger partial charge is 0.544 e. The molecule has 8 heteroatoms. The van der Waals surface area contributed by atoms with Crippen LogP contribution < -0.4 is 5.11 Å².